The molecule has 2 amide bonds. The van der Waals surface area contributed by atoms with E-state index in [1.165, 1.54) is 23.2 Å². The Balaban J connectivity index is 1.84. The molecule has 5 nitrogen and oxygen atoms in total. The number of halogens is 2. The van der Waals surface area contributed by atoms with Crippen LogP contribution in [0.4, 0.5) is 15.8 Å². The lowest BCUT2D eigenvalue weighted by Crippen LogP contribution is -2.36. The number of carbonyl (C=O) groups is 2. The zero-order chi connectivity index (χ0) is 17.1. The van der Waals surface area contributed by atoms with Crippen molar-refractivity contribution in [2.45, 2.75) is 12.8 Å². The molecule has 24 heavy (non-hydrogen) atoms. The monoisotopic (exact) mass is 345 g/mol. The van der Waals surface area contributed by atoms with Crippen LogP contribution in [0.15, 0.2) is 53.6 Å². The Morgan fingerprint density at radius 2 is 1.88 bits per heavy atom. The molecule has 1 aliphatic rings. The molecular formula is C17H13ClFN3O2. The standard InChI is InChI=1S/C17H13ClFN3O2/c18-12-7-4-8-13(16(12)19)20-17(24)14-9-10-15(23)22(21-14)11-5-2-1-3-6-11/h1-8H,9-10H2,(H,20,24). The lowest BCUT2D eigenvalue weighted by molar-refractivity contribution is -0.118. The van der Waals surface area contributed by atoms with Crippen molar-refractivity contribution in [3.05, 3.63) is 59.4 Å². The van der Waals surface area contributed by atoms with Crippen LogP contribution in [-0.4, -0.2) is 17.5 Å². The first-order valence-corrected chi connectivity index (χ1v) is 7.65. The first-order valence-electron chi connectivity index (χ1n) is 7.27. The molecule has 0 radical (unpaired) electrons. The van der Waals surface area contributed by atoms with Crippen molar-refractivity contribution in [2.24, 2.45) is 5.10 Å². The Morgan fingerprint density at radius 1 is 1.12 bits per heavy atom. The molecule has 0 unspecified atom stereocenters. The SMILES string of the molecule is O=C(Nc1cccc(Cl)c1F)C1=NN(c2ccccc2)C(=O)CC1. The van der Waals surface area contributed by atoms with Crippen LogP contribution in [0.3, 0.4) is 0 Å². The topological polar surface area (TPSA) is 61.8 Å². The largest absolute Gasteiger partial charge is 0.318 e. The van der Waals surface area contributed by atoms with Gasteiger partial charge in [0.1, 0.15) is 5.71 Å². The van der Waals surface area contributed by atoms with E-state index in [0.717, 1.165) is 0 Å². The van der Waals surface area contributed by atoms with Crippen molar-refractivity contribution < 1.29 is 14.0 Å². The second-order valence-corrected chi connectivity index (χ2v) is 5.55. The fraction of sp³-hybridized carbons (Fsp3) is 0.118. The van der Waals surface area contributed by atoms with Gasteiger partial charge in [0.05, 0.1) is 16.4 Å². The number of rotatable bonds is 3. The quantitative estimate of drug-likeness (QED) is 0.923. The highest BCUT2D eigenvalue weighted by Crippen LogP contribution is 2.23. The smallest absolute Gasteiger partial charge is 0.271 e. The number of amides is 2. The summed E-state index contributed by atoms with van der Waals surface area (Å²) in [5, 5.41) is 7.66. The van der Waals surface area contributed by atoms with Gasteiger partial charge in [0.2, 0.25) is 5.91 Å². The molecule has 0 spiro atoms. The van der Waals surface area contributed by atoms with Crippen molar-refractivity contribution in [1.29, 1.82) is 0 Å². The maximum atomic E-state index is 13.9. The normalized spacial score (nSPS) is 14.3. The number of hydrazone groups is 1. The van der Waals surface area contributed by atoms with E-state index >= 15 is 0 Å². The van der Waals surface area contributed by atoms with E-state index in [9.17, 15) is 14.0 Å². The summed E-state index contributed by atoms with van der Waals surface area (Å²) in [6.45, 7) is 0. The van der Waals surface area contributed by atoms with Gasteiger partial charge >= 0.3 is 0 Å². The van der Waals surface area contributed by atoms with Gasteiger partial charge in [-0.15, -0.1) is 0 Å². The fourth-order valence-corrected chi connectivity index (χ4v) is 2.46. The van der Waals surface area contributed by atoms with Crippen LogP contribution in [-0.2, 0) is 9.59 Å². The summed E-state index contributed by atoms with van der Waals surface area (Å²) in [7, 11) is 0. The number of hydrogen-bond donors (Lipinski definition) is 1. The Labute approximate surface area is 142 Å². The van der Waals surface area contributed by atoms with E-state index in [-0.39, 0.29) is 35.2 Å². The van der Waals surface area contributed by atoms with Gasteiger partial charge in [0.15, 0.2) is 5.82 Å². The third-order valence-corrected chi connectivity index (χ3v) is 3.79. The molecule has 1 heterocycles. The predicted octanol–water partition coefficient (Wildman–Crippen LogP) is 3.60. The summed E-state index contributed by atoms with van der Waals surface area (Å²) in [5.41, 5.74) is 0.692. The first kappa shape index (κ1) is 16.1. The summed E-state index contributed by atoms with van der Waals surface area (Å²) in [6, 6.07) is 13.1. The Kier molecular flexibility index (Phi) is 4.57. The third-order valence-electron chi connectivity index (χ3n) is 3.50. The van der Waals surface area contributed by atoms with Crippen molar-refractivity contribution in [1.82, 2.24) is 0 Å². The van der Waals surface area contributed by atoms with Crippen LogP contribution < -0.4 is 10.3 Å². The number of carbonyl (C=O) groups excluding carboxylic acids is 2. The van der Waals surface area contributed by atoms with Crippen molar-refractivity contribution >= 4 is 40.5 Å². The van der Waals surface area contributed by atoms with E-state index in [1.54, 1.807) is 24.3 Å². The molecule has 0 saturated carbocycles. The van der Waals surface area contributed by atoms with Crippen LogP contribution in [0.2, 0.25) is 5.02 Å². The Bertz CT molecular complexity index is 824. The van der Waals surface area contributed by atoms with Crippen LogP contribution in [0, 0.1) is 5.82 Å². The minimum Gasteiger partial charge on any atom is -0.318 e. The highest BCUT2D eigenvalue weighted by atomic mass is 35.5. The summed E-state index contributed by atoms with van der Waals surface area (Å²) in [5.74, 6) is -1.48. The van der Waals surface area contributed by atoms with Gasteiger partial charge in [-0.2, -0.15) is 5.10 Å². The zero-order valence-electron chi connectivity index (χ0n) is 12.5. The highest BCUT2D eigenvalue weighted by molar-refractivity contribution is 6.44. The number of anilines is 2. The van der Waals surface area contributed by atoms with Crippen molar-refractivity contribution in [3.8, 4) is 0 Å². The lowest BCUT2D eigenvalue weighted by Gasteiger charge is -2.23. The third kappa shape index (κ3) is 3.28. The van der Waals surface area contributed by atoms with Gasteiger partial charge in [0.25, 0.3) is 5.91 Å². The molecule has 0 bridgehead atoms. The highest BCUT2D eigenvalue weighted by Gasteiger charge is 2.26. The maximum absolute atomic E-state index is 13.9. The van der Waals surface area contributed by atoms with Crippen LogP contribution in [0.1, 0.15) is 12.8 Å². The van der Waals surface area contributed by atoms with Gasteiger partial charge in [0, 0.05) is 12.8 Å². The summed E-state index contributed by atoms with van der Waals surface area (Å²) in [4.78, 5) is 24.4. The molecular weight excluding hydrogens is 333 g/mol. The molecule has 7 heteroatoms. The summed E-state index contributed by atoms with van der Waals surface area (Å²) < 4.78 is 13.9. The van der Waals surface area contributed by atoms with Gasteiger partial charge in [-0.05, 0) is 24.3 Å². The van der Waals surface area contributed by atoms with Gasteiger partial charge in [-0.25, -0.2) is 9.40 Å². The molecule has 3 rings (SSSR count). The Hall–Kier alpha value is -2.73. The molecule has 0 fully saturated rings. The molecule has 0 atom stereocenters. The molecule has 2 aromatic rings. The second kappa shape index (κ2) is 6.80. The lowest BCUT2D eigenvalue weighted by atomic mass is 10.1. The Morgan fingerprint density at radius 3 is 2.62 bits per heavy atom. The van der Waals surface area contributed by atoms with Crippen LogP contribution in [0.25, 0.3) is 0 Å². The number of nitrogens with one attached hydrogen (secondary N) is 1. The van der Waals surface area contributed by atoms with Crippen LogP contribution >= 0.6 is 11.6 Å². The van der Waals surface area contributed by atoms with Crippen molar-refractivity contribution in [2.75, 3.05) is 10.3 Å². The number of benzene rings is 2. The molecule has 1 aliphatic heterocycles. The first-order chi connectivity index (χ1) is 11.6. The van der Waals surface area contributed by atoms with E-state index in [0.29, 0.717) is 5.69 Å². The number of para-hydroxylation sites is 1. The molecule has 0 aliphatic carbocycles. The molecule has 122 valence electrons. The number of hydrogen-bond acceptors (Lipinski definition) is 3. The minimum absolute atomic E-state index is 0.0293. The molecule has 0 aromatic heterocycles. The molecule has 2 aromatic carbocycles. The molecule has 0 saturated heterocycles. The van der Waals surface area contributed by atoms with E-state index in [2.05, 4.69) is 10.4 Å². The predicted molar refractivity (Wildman–Crippen MR) is 90.6 cm³/mol. The average Bonchev–Trinajstić information content (AvgIpc) is 2.60. The van der Waals surface area contributed by atoms with E-state index in [4.69, 9.17) is 11.6 Å². The van der Waals surface area contributed by atoms with E-state index in [1.807, 2.05) is 6.07 Å². The second-order valence-electron chi connectivity index (χ2n) is 5.14. The van der Waals surface area contributed by atoms with E-state index < -0.39 is 11.7 Å². The fourth-order valence-electron chi connectivity index (χ4n) is 2.28. The average molecular weight is 346 g/mol. The van der Waals surface area contributed by atoms with Gasteiger partial charge < -0.3 is 5.32 Å². The summed E-state index contributed by atoms with van der Waals surface area (Å²) in [6.07, 6.45) is 0.343. The minimum atomic E-state index is -0.708. The van der Waals surface area contributed by atoms with Crippen molar-refractivity contribution in [3.63, 3.8) is 0 Å². The van der Waals surface area contributed by atoms with Gasteiger partial charge in [-0.3, -0.25) is 9.59 Å². The number of nitrogens with zero attached hydrogens (tertiary/aromatic N) is 2. The summed E-state index contributed by atoms with van der Waals surface area (Å²) >= 11 is 5.70. The zero-order valence-corrected chi connectivity index (χ0v) is 13.3. The molecule has 1 N–H and O–H groups in total. The van der Waals surface area contributed by atoms with Crippen LogP contribution in [0.5, 0.6) is 0 Å². The van der Waals surface area contributed by atoms with Gasteiger partial charge in [-0.1, -0.05) is 35.9 Å². The maximum Gasteiger partial charge on any atom is 0.271 e.